The van der Waals surface area contributed by atoms with Crippen LogP contribution in [0.1, 0.15) is 34.6 Å². The van der Waals surface area contributed by atoms with Crippen molar-refractivity contribution in [2.45, 2.75) is 34.6 Å². The van der Waals surface area contributed by atoms with Gasteiger partial charge in [-0.3, -0.25) is 0 Å². The Morgan fingerprint density at radius 3 is 2.00 bits per heavy atom. The third-order valence-electron chi connectivity index (χ3n) is 2.07. The third kappa shape index (κ3) is 6.62. The quantitative estimate of drug-likeness (QED) is 0.579. The first kappa shape index (κ1) is 17.9. The maximum absolute atomic E-state index is 3.82. The molecule has 0 aromatic heterocycles. The van der Waals surface area contributed by atoms with Crippen LogP contribution in [-0.2, 0) is 0 Å². The number of rotatable bonds is 6. The van der Waals surface area contributed by atoms with E-state index in [4.69, 9.17) is 0 Å². The molecule has 1 nitrogen and oxygen atoms in total. The largest absolute Gasteiger partial charge is 0.342 e. The lowest BCUT2D eigenvalue weighted by Gasteiger charge is -2.25. The minimum absolute atomic E-state index is 0.912. The number of hydrogen-bond acceptors (Lipinski definition) is 1. The van der Waals surface area contributed by atoms with Crippen molar-refractivity contribution in [2.75, 3.05) is 6.54 Å². The molecule has 0 aliphatic heterocycles. The molecule has 0 aromatic rings. The summed E-state index contributed by atoms with van der Waals surface area (Å²) in [6, 6.07) is 0. The average molecular weight is 233 g/mol. The second-order valence-corrected chi connectivity index (χ2v) is 2.99. The maximum atomic E-state index is 3.82. The summed E-state index contributed by atoms with van der Waals surface area (Å²) in [7, 11) is 0. The SMILES string of the molecule is C=C/C=C(\C=C/C)N(CC)/C(C=C)=C/C.CC. The summed E-state index contributed by atoms with van der Waals surface area (Å²) in [6.07, 6.45) is 11.8. The first-order valence-electron chi connectivity index (χ1n) is 6.26. The summed E-state index contributed by atoms with van der Waals surface area (Å²) in [4.78, 5) is 2.19. The highest BCUT2D eigenvalue weighted by molar-refractivity contribution is 5.29. The van der Waals surface area contributed by atoms with Crippen molar-refractivity contribution in [3.63, 3.8) is 0 Å². The van der Waals surface area contributed by atoms with Crippen molar-refractivity contribution in [1.82, 2.24) is 4.90 Å². The second kappa shape index (κ2) is 12.6. The smallest absolute Gasteiger partial charge is 0.0407 e. The van der Waals surface area contributed by atoms with Gasteiger partial charge in [-0.1, -0.05) is 45.2 Å². The van der Waals surface area contributed by atoms with Gasteiger partial charge < -0.3 is 4.90 Å². The van der Waals surface area contributed by atoms with E-state index in [-0.39, 0.29) is 0 Å². The molecule has 0 saturated carbocycles. The van der Waals surface area contributed by atoms with Crippen molar-refractivity contribution in [3.05, 3.63) is 61.0 Å². The molecule has 0 amide bonds. The second-order valence-electron chi connectivity index (χ2n) is 2.99. The van der Waals surface area contributed by atoms with E-state index in [2.05, 4.69) is 37.1 Å². The molecule has 1 heteroatoms. The summed E-state index contributed by atoms with van der Waals surface area (Å²) in [5.74, 6) is 0. The molecule has 0 aromatic carbocycles. The molecule has 0 spiro atoms. The van der Waals surface area contributed by atoms with Gasteiger partial charge in [0.2, 0.25) is 0 Å². The zero-order valence-corrected chi connectivity index (χ0v) is 12.0. The van der Waals surface area contributed by atoms with E-state index in [1.54, 1.807) is 6.08 Å². The van der Waals surface area contributed by atoms with E-state index in [0.29, 0.717) is 0 Å². The van der Waals surface area contributed by atoms with Gasteiger partial charge in [-0.15, -0.1) is 0 Å². The first-order valence-corrected chi connectivity index (χ1v) is 6.26. The van der Waals surface area contributed by atoms with Gasteiger partial charge in [0.05, 0.1) is 0 Å². The van der Waals surface area contributed by atoms with Crippen LogP contribution in [0.4, 0.5) is 0 Å². The lowest BCUT2D eigenvalue weighted by molar-refractivity contribution is 0.478. The summed E-state index contributed by atoms with van der Waals surface area (Å²) in [6.45, 7) is 18.6. The molecular weight excluding hydrogens is 206 g/mol. The Bertz CT molecular complexity index is 293. The van der Waals surface area contributed by atoms with E-state index < -0.39 is 0 Å². The van der Waals surface area contributed by atoms with Crippen LogP contribution >= 0.6 is 0 Å². The lowest BCUT2D eigenvalue weighted by atomic mass is 10.2. The van der Waals surface area contributed by atoms with Crippen molar-refractivity contribution in [1.29, 1.82) is 0 Å². The van der Waals surface area contributed by atoms with Crippen LogP contribution in [0.5, 0.6) is 0 Å². The Hall–Kier alpha value is -1.50. The number of allylic oxidation sites excluding steroid dienone is 6. The van der Waals surface area contributed by atoms with Crippen LogP contribution in [0.25, 0.3) is 0 Å². The number of hydrogen-bond donors (Lipinski definition) is 0. The molecule has 0 aliphatic carbocycles. The average Bonchev–Trinajstić information content (AvgIpc) is 2.38. The van der Waals surface area contributed by atoms with Crippen molar-refractivity contribution in [3.8, 4) is 0 Å². The van der Waals surface area contributed by atoms with E-state index in [0.717, 1.165) is 17.9 Å². The fourth-order valence-electron chi connectivity index (χ4n) is 1.43. The molecule has 0 saturated heterocycles. The zero-order chi connectivity index (χ0) is 13.7. The fraction of sp³-hybridized carbons (Fsp3) is 0.375. The van der Waals surface area contributed by atoms with E-state index in [1.165, 1.54) is 0 Å². The highest BCUT2D eigenvalue weighted by Crippen LogP contribution is 2.15. The van der Waals surface area contributed by atoms with Gasteiger partial charge in [-0.05, 0) is 39.0 Å². The van der Waals surface area contributed by atoms with Gasteiger partial charge in [-0.25, -0.2) is 0 Å². The summed E-state index contributed by atoms with van der Waals surface area (Å²) >= 11 is 0. The molecule has 96 valence electrons. The third-order valence-corrected chi connectivity index (χ3v) is 2.07. The van der Waals surface area contributed by atoms with E-state index in [1.807, 2.05) is 45.9 Å². The Labute approximate surface area is 108 Å². The highest BCUT2D eigenvalue weighted by Gasteiger charge is 2.05. The van der Waals surface area contributed by atoms with Crippen molar-refractivity contribution < 1.29 is 0 Å². The number of likely N-dealkylation sites (N-methyl/N-ethyl adjacent to an activating group) is 1. The minimum atomic E-state index is 0.912. The molecule has 0 heterocycles. The monoisotopic (exact) mass is 233 g/mol. The number of nitrogens with zero attached hydrogens (tertiary/aromatic N) is 1. The van der Waals surface area contributed by atoms with Crippen molar-refractivity contribution >= 4 is 0 Å². The summed E-state index contributed by atoms with van der Waals surface area (Å²) in [5, 5.41) is 0. The van der Waals surface area contributed by atoms with Gasteiger partial charge in [-0.2, -0.15) is 0 Å². The topological polar surface area (TPSA) is 3.24 Å². The van der Waals surface area contributed by atoms with Crippen LogP contribution in [-0.4, -0.2) is 11.4 Å². The lowest BCUT2D eigenvalue weighted by Crippen LogP contribution is -2.19. The molecule has 0 aliphatic rings. The summed E-state index contributed by atoms with van der Waals surface area (Å²) in [5.41, 5.74) is 2.24. The fourth-order valence-corrected chi connectivity index (χ4v) is 1.43. The zero-order valence-electron chi connectivity index (χ0n) is 12.0. The molecule has 0 bridgehead atoms. The molecule has 0 rings (SSSR count). The van der Waals surface area contributed by atoms with Crippen LogP contribution in [0.15, 0.2) is 61.0 Å². The maximum Gasteiger partial charge on any atom is 0.0407 e. The minimum Gasteiger partial charge on any atom is -0.342 e. The van der Waals surface area contributed by atoms with E-state index in [9.17, 15) is 0 Å². The van der Waals surface area contributed by atoms with Crippen LogP contribution in [0.2, 0.25) is 0 Å². The van der Waals surface area contributed by atoms with Crippen molar-refractivity contribution in [2.24, 2.45) is 0 Å². The Morgan fingerprint density at radius 1 is 1.12 bits per heavy atom. The molecule has 0 atom stereocenters. The molecule has 0 fully saturated rings. The predicted molar refractivity (Wildman–Crippen MR) is 80.8 cm³/mol. The molecule has 0 radical (unpaired) electrons. The molecule has 0 N–H and O–H groups in total. The van der Waals surface area contributed by atoms with Crippen LogP contribution in [0, 0.1) is 0 Å². The van der Waals surface area contributed by atoms with Gasteiger partial charge in [0.15, 0.2) is 0 Å². The Balaban J connectivity index is 0. The Morgan fingerprint density at radius 2 is 1.71 bits per heavy atom. The standard InChI is InChI=1S/C14H21N.C2H6/c1-6-11-14(12-7-2)15(10-5)13(8-3)9-4;1-2/h6-9,11-12H,1,3,10H2,2,4-5H3;1-2H3/b12-7-,13-9+,14-11+;. The van der Waals surface area contributed by atoms with E-state index >= 15 is 0 Å². The van der Waals surface area contributed by atoms with Gasteiger partial charge >= 0.3 is 0 Å². The first-order chi connectivity index (χ1) is 8.24. The normalized spacial score (nSPS) is 11.8. The molecular formula is C16H27N. The summed E-state index contributed by atoms with van der Waals surface area (Å²) < 4.78 is 0. The highest BCUT2D eigenvalue weighted by atomic mass is 15.1. The van der Waals surface area contributed by atoms with Crippen LogP contribution in [0.3, 0.4) is 0 Å². The predicted octanol–water partition coefficient (Wildman–Crippen LogP) is 5.07. The van der Waals surface area contributed by atoms with Crippen LogP contribution < -0.4 is 0 Å². The molecule has 0 unspecified atom stereocenters. The Kier molecular flexibility index (Phi) is 13.2. The molecule has 17 heavy (non-hydrogen) atoms. The van der Waals surface area contributed by atoms with Gasteiger partial charge in [0.1, 0.15) is 0 Å². The van der Waals surface area contributed by atoms with Gasteiger partial charge in [0.25, 0.3) is 0 Å². The van der Waals surface area contributed by atoms with Gasteiger partial charge in [0, 0.05) is 17.9 Å².